The monoisotopic (exact) mass is 481 g/mol. The maximum Gasteiger partial charge on any atom is 0.258 e. The van der Waals surface area contributed by atoms with E-state index in [0.29, 0.717) is 5.56 Å². The van der Waals surface area contributed by atoms with Gasteiger partial charge >= 0.3 is 0 Å². The van der Waals surface area contributed by atoms with Crippen LogP contribution in [0, 0.1) is 5.92 Å². The van der Waals surface area contributed by atoms with Crippen molar-refractivity contribution in [2.75, 3.05) is 10.7 Å². The Bertz CT molecular complexity index is 822. The van der Waals surface area contributed by atoms with Gasteiger partial charge in [-0.05, 0) is 36.6 Å². The molecule has 1 amide bonds. The van der Waals surface area contributed by atoms with Gasteiger partial charge in [-0.2, -0.15) is 0 Å². The van der Waals surface area contributed by atoms with Gasteiger partial charge in [-0.1, -0.05) is 127 Å². The summed E-state index contributed by atoms with van der Waals surface area (Å²) in [7, 11) is 0. The lowest BCUT2D eigenvalue weighted by Crippen LogP contribution is -2.47. The van der Waals surface area contributed by atoms with E-state index in [-0.39, 0.29) is 16.9 Å². The molecule has 0 aromatic heterocycles. The van der Waals surface area contributed by atoms with Crippen LogP contribution in [-0.2, 0) is 4.79 Å². The van der Waals surface area contributed by atoms with E-state index in [4.69, 9.17) is 0 Å². The molecule has 0 N–H and O–H groups in total. The second-order valence-electron chi connectivity index (χ2n) is 9.42. The smallest absolute Gasteiger partial charge is 0.258 e. The van der Waals surface area contributed by atoms with Crippen molar-refractivity contribution >= 4 is 28.5 Å². The lowest BCUT2D eigenvalue weighted by Gasteiger charge is -2.33. The van der Waals surface area contributed by atoms with Crippen LogP contribution in [0.2, 0.25) is 0 Å². The molecule has 0 fully saturated rings. The predicted molar refractivity (Wildman–Crippen MR) is 148 cm³/mol. The first kappa shape index (κ1) is 28.2. The number of amides is 1. The Kier molecular flexibility index (Phi) is 13.7. The van der Waals surface area contributed by atoms with Crippen LogP contribution in [0.5, 0.6) is 0 Å². The van der Waals surface area contributed by atoms with Crippen molar-refractivity contribution in [3.8, 4) is 0 Å². The molecule has 3 nitrogen and oxygen atoms in total. The van der Waals surface area contributed by atoms with E-state index < -0.39 is 6.04 Å². The number of rotatable bonds is 16. The zero-order valence-corrected chi connectivity index (χ0v) is 22.2. The van der Waals surface area contributed by atoms with Crippen molar-refractivity contribution in [3.05, 3.63) is 66.2 Å². The summed E-state index contributed by atoms with van der Waals surface area (Å²) in [4.78, 5) is 28.6. The molecular weight excluding hydrogens is 438 g/mol. The molecule has 0 radical (unpaired) electrons. The molecule has 0 saturated heterocycles. The lowest BCUT2D eigenvalue weighted by atomic mass is 10.0. The number of nitrogens with zero attached hydrogens (tertiary/aromatic N) is 1. The van der Waals surface area contributed by atoms with E-state index in [9.17, 15) is 9.59 Å². The highest BCUT2D eigenvalue weighted by molar-refractivity contribution is 8.13. The third kappa shape index (κ3) is 9.66. The highest BCUT2D eigenvalue weighted by Gasteiger charge is 2.34. The van der Waals surface area contributed by atoms with Gasteiger partial charge in [0.2, 0.25) is 5.12 Å². The van der Waals surface area contributed by atoms with Crippen LogP contribution < -0.4 is 4.90 Å². The fraction of sp³-hybridized carbons (Fsp3) is 0.533. The third-order valence-corrected chi connectivity index (χ3v) is 7.19. The van der Waals surface area contributed by atoms with Crippen molar-refractivity contribution < 1.29 is 9.59 Å². The van der Waals surface area contributed by atoms with Gasteiger partial charge in [-0.25, -0.2) is 0 Å². The topological polar surface area (TPSA) is 37.4 Å². The molecule has 0 aliphatic carbocycles. The second-order valence-corrected chi connectivity index (χ2v) is 10.5. The Morgan fingerprint density at radius 3 is 1.76 bits per heavy atom. The Balaban J connectivity index is 1.91. The first-order valence-electron chi connectivity index (χ1n) is 13.2. The molecule has 1 unspecified atom stereocenters. The summed E-state index contributed by atoms with van der Waals surface area (Å²) < 4.78 is 0. The van der Waals surface area contributed by atoms with E-state index in [1.165, 1.54) is 69.5 Å². The molecular formula is C30H43NO2S. The number of carbonyl (C=O) groups is 2. The Morgan fingerprint density at radius 2 is 1.24 bits per heavy atom. The molecule has 186 valence electrons. The van der Waals surface area contributed by atoms with E-state index in [1.54, 1.807) is 4.90 Å². The molecule has 0 heterocycles. The number of hydrogen-bond acceptors (Lipinski definition) is 3. The van der Waals surface area contributed by atoms with Crippen LogP contribution in [0.3, 0.4) is 0 Å². The normalized spacial score (nSPS) is 12.0. The number of carbonyl (C=O) groups excluding carboxylic acids is 2. The zero-order valence-electron chi connectivity index (χ0n) is 21.4. The molecule has 0 saturated carbocycles. The minimum absolute atomic E-state index is 0.0144. The number of benzene rings is 2. The van der Waals surface area contributed by atoms with E-state index >= 15 is 0 Å². The summed E-state index contributed by atoms with van der Waals surface area (Å²) in [5.41, 5.74) is 1.37. The van der Waals surface area contributed by atoms with E-state index in [0.717, 1.165) is 17.9 Å². The number of hydrogen-bond donors (Lipinski definition) is 0. The minimum atomic E-state index is -0.497. The third-order valence-electron chi connectivity index (χ3n) is 6.17. The summed E-state index contributed by atoms with van der Waals surface area (Å²) in [6.45, 7) is 6.31. The molecule has 2 aromatic rings. The summed E-state index contributed by atoms with van der Waals surface area (Å²) >= 11 is 1.39. The van der Waals surface area contributed by atoms with Crippen LogP contribution in [-0.4, -0.2) is 22.8 Å². The summed E-state index contributed by atoms with van der Waals surface area (Å²) in [5.74, 6) is 0.708. The van der Waals surface area contributed by atoms with Crippen LogP contribution in [0.15, 0.2) is 60.7 Å². The maximum atomic E-state index is 13.5. The Hall–Kier alpha value is -2.07. The van der Waals surface area contributed by atoms with Gasteiger partial charge in [0.15, 0.2) is 0 Å². The van der Waals surface area contributed by atoms with Gasteiger partial charge in [-0.15, -0.1) is 0 Å². The minimum Gasteiger partial charge on any atom is -0.297 e. The van der Waals surface area contributed by atoms with Crippen molar-refractivity contribution in [2.45, 2.75) is 91.0 Å². The van der Waals surface area contributed by atoms with Crippen molar-refractivity contribution in [2.24, 2.45) is 5.92 Å². The highest BCUT2D eigenvalue weighted by atomic mass is 32.2. The summed E-state index contributed by atoms with van der Waals surface area (Å²) in [6, 6.07) is 18.4. The lowest BCUT2D eigenvalue weighted by molar-refractivity contribution is -0.112. The Labute approximate surface area is 211 Å². The fourth-order valence-electron chi connectivity index (χ4n) is 4.24. The molecule has 0 bridgehead atoms. The number of thioether (sulfide) groups is 1. The van der Waals surface area contributed by atoms with Gasteiger partial charge < -0.3 is 0 Å². The average molecular weight is 482 g/mol. The Morgan fingerprint density at radius 1 is 0.735 bits per heavy atom. The van der Waals surface area contributed by atoms with Gasteiger partial charge in [0, 0.05) is 17.0 Å². The van der Waals surface area contributed by atoms with Crippen molar-refractivity contribution in [1.29, 1.82) is 0 Å². The second kappa shape index (κ2) is 16.5. The molecule has 0 spiro atoms. The SMILES string of the molecule is CCCCCCCCCCCCSC(=O)C(C(C)C)N(C(=O)c1ccccc1)c1ccccc1. The molecule has 34 heavy (non-hydrogen) atoms. The number of unbranched alkanes of at least 4 members (excludes halogenated alkanes) is 9. The first-order valence-corrected chi connectivity index (χ1v) is 14.1. The van der Waals surface area contributed by atoms with Gasteiger partial charge in [-0.3, -0.25) is 14.5 Å². The van der Waals surface area contributed by atoms with Crippen molar-refractivity contribution in [1.82, 2.24) is 0 Å². The van der Waals surface area contributed by atoms with E-state index in [1.807, 2.05) is 74.5 Å². The van der Waals surface area contributed by atoms with Crippen LogP contribution in [0.25, 0.3) is 0 Å². The molecule has 0 aliphatic heterocycles. The van der Waals surface area contributed by atoms with Crippen molar-refractivity contribution in [3.63, 3.8) is 0 Å². The van der Waals surface area contributed by atoms with Gasteiger partial charge in [0.1, 0.15) is 6.04 Å². The molecule has 0 aliphatic rings. The molecule has 2 rings (SSSR count). The molecule has 4 heteroatoms. The largest absolute Gasteiger partial charge is 0.297 e. The van der Waals surface area contributed by atoms with E-state index in [2.05, 4.69) is 6.92 Å². The molecule has 2 aromatic carbocycles. The van der Waals surface area contributed by atoms with Gasteiger partial charge in [0.05, 0.1) is 0 Å². The van der Waals surface area contributed by atoms with Crippen LogP contribution in [0.4, 0.5) is 5.69 Å². The zero-order chi connectivity index (χ0) is 24.6. The predicted octanol–water partition coefficient (Wildman–Crippen LogP) is 8.54. The first-order chi connectivity index (χ1) is 16.6. The molecule has 1 atom stereocenters. The maximum absolute atomic E-state index is 13.5. The highest BCUT2D eigenvalue weighted by Crippen LogP contribution is 2.27. The van der Waals surface area contributed by atoms with Crippen LogP contribution >= 0.6 is 11.8 Å². The standard InChI is InChI=1S/C30H43NO2S/c1-4-5-6-7-8-9-10-11-12-19-24-34-30(33)28(25(2)3)31(27-22-17-14-18-23-27)29(32)26-20-15-13-16-21-26/h13-18,20-23,25,28H,4-12,19,24H2,1-3H3. The number of para-hydroxylation sites is 1. The number of anilines is 1. The summed E-state index contributed by atoms with van der Waals surface area (Å²) in [6.07, 6.45) is 12.9. The quantitative estimate of drug-likeness (QED) is 0.225. The fourth-order valence-corrected chi connectivity index (χ4v) is 5.33. The van der Waals surface area contributed by atoms with Gasteiger partial charge in [0.25, 0.3) is 5.91 Å². The van der Waals surface area contributed by atoms with Crippen LogP contribution in [0.1, 0.15) is 95.3 Å². The summed E-state index contributed by atoms with van der Waals surface area (Å²) in [5, 5.41) is 0.0825. The average Bonchev–Trinajstić information content (AvgIpc) is 2.86.